The van der Waals surface area contributed by atoms with Crippen molar-refractivity contribution in [3.05, 3.63) is 92.4 Å². The third-order valence-electron chi connectivity index (χ3n) is 8.12. The van der Waals surface area contributed by atoms with Crippen LogP contribution in [-0.4, -0.2) is 52.2 Å². The zero-order valence-electron chi connectivity index (χ0n) is 25.1. The number of hydrogen-bond acceptors (Lipinski definition) is 8. The normalized spacial score (nSPS) is 13.8. The second kappa shape index (κ2) is 10.9. The molecule has 0 atom stereocenters. The maximum absolute atomic E-state index is 13.6. The summed E-state index contributed by atoms with van der Waals surface area (Å²) in [6.45, 7) is 11.6. The van der Waals surface area contributed by atoms with Crippen molar-refractivity contribution < 1.29 is 5.11 Å². The molecule has 0 fully saturated rings. The molecule has 1 aromatic carbocycles. The first-order chi connectivity index (χ1) is 20.6. The van der Waals surface area contributed by atoms with Crippen LogP contribution in [0.2, 0.25) is 0 Å². The minimum atomic E-state index is -0.388. The predicted octanol–water partition coefficient (Wildman–Crippen LogP) is 3.71. The zero-order chi connectivity index (χ0) is 30.5. The molecule has 1 aliphatic rings. The van der Waals surface area contributed by atoms with Gasteiger partial charge in [0.1, 0.15) is 11.5 Å². The van der Waals surface area contributed by atoms with Crippen molar-refractivity contribution in [2.75, 3.05) is 18.4 Å². The van der Waals surface area contributed by atoms with Crippen molar-refractivity contribution >= 4 is 22.3 Å². The summed E-state index contributed by atoms with van der Waals surface area (Å²) in [6.07, 6.45) is 3.26. The minimum absolute atomic E-state index is 0.0487. The van der Waals surface area contributed by atoms with E-state index in [0.717, 1.165) is 42.8 Å². The number of benzene rings is 1. The number of aliphatic hydroxyl groups is 1. The summed E-state index contributed by atoms with van der Waals surface area (Å²) in [5.74, 6) is 0.886. The average Bonchev–Trinajstić information content (AvgIpc) is 3.40. The van der Waals surface area contributed by atoms with Gasteiger partial charge in [0.25, 0.3) is 11.1 Å². The molecule has 0 unspecified atom stereocenters. The van der Waals surface area contributed by atoms with Crippen molar-refractivity contribution in [2.24, 2.45) is 7.05 Å². The molecule has 1 aliphatic heterocycles. The Bertz CT molecular complexity index is 1960. The van der Waals surface area contributed by atoms with Gasteiger partial charge in [-0.25, -0.2) is 9.67 Å². The summed E-state index contributed by atoms with van der Waals surface area (Å²) in [5, 5.41) is 24.3. The lowest BCUT2D eigenvalue weighted by molar-refractivity contribution is 0.224. The van der Waals surface area contributed by atoms with Gasteiger partial charge in [0.15, 0.2) is 5.82 Å². The van der Waals surface area contributed by atoms with E-state index in [1.807, 2.05) is 35.0 Å². The highest BCUT2D eigenvalue weighted by Crippen LogP contribution is 2.29. The lowest BCUT2D eigenvalue weighted by atomic mass is 9.86. The molecule has 0 aliphatic carbocycles. The van der Waals surface area contributed by atoms with E-state index in [2.05, 4.69) is 53.1 Å². The molecular weight excluding hydrogens is 544 g/mol. The summed E-state index contributed by atoms with van der Waals surface area (Å²) in [5.41, 5.74) is 3.34. The van der Waals surface area contributed by atoms with E-state index < -0.39 is 0 Å². The molecule has 4 aromatic heterocycles. The van der Waals surface area contributed by atoms with Gasteiger partial charge in [-0.1, -0.05) is 39.8 Å². The SMILES string of the molecule is CCN1CCn2nc(Nc3cc(-c4ccnc(-n5ccc6cc(C(C)(C)C)ccc6c5=O)c4CO)nn(C)c3=O)cc2C1. The van der Waals surface area contributed by atoms with Gasteiger partial charge < -0.3 is 10.4 Å². The fourth-order valence-corrected chi connectivity index (χ4v) is 5.59. The van der Waals surface area contributed by atoms with E-state index >= 15 is 0 Å². The van der Waals surface area contributed by atoms with Gasteiger partial charge in [-0.15, -0.1) is 0 Å². The van der Waals surface area contributed by atoms with Crippen molar-refractivity contribution in [2.45, 2.75) is 52.8 Å². The Hall–Kier alpha value is -4.61. The van der Waals surface area contributed by atoms with Crippen LogP contribution in [0, 0.1) is 0 Å². The molecule has 0 bridgehead atoms. The molecule has 6 rings (SSSR count). The third-order valence-corrected chi connectivity index (χ3v) is 8.12. The predicted molar refractivity (Wildman–Crippen MR) is 167 cm³/mol. The molecule has 5 aromatic rings. The molecule has 2 N–H and O–H groups in total. The third kappa shape index (κ3) is 5.26. The number of hydrogen-bond donors (Lipinski definition) is 2. The van der Waals surface area contributed by atoms with Gasteiger partial charge in [-0.2, -0.15) is 10.2 Å². The van der Waals surface area contributed by atoms with Gasteiger partial charge in [-0.3, -0.25) is 23.7 Å². The Morgan fingerprint density at radius 3 is 2.56 bits per heavy atom. The maximum atomic E-state index is 13.6. The molecule has 0 radical (unpaired) electrons. The number of pyridine rings is 2. The Balaban J connectivity index is 1.40. The fourth-order valence-electron chi connectivity index (χ4n) is 5.59. The summed E-state index contributed by atoms with van der Waals surface area (Å²) in [7, 11) is 1.58. The van der Waals surface area contributed by atoms with E-state index in [9.17, 15) is 14.7 Å². The molecular formula is C32H36N8O3. The summed E-state index contributed by atoms with van der Waals surface area (Å²) in [6, 6.07) is 13.1. The topological polar surface area (TPSA) is 123 Å². The Labute approximate surface area is 249 Å². The standard InChI is InChI=1S/C32H36N8O3/c1-6-38-13-14-40-22(18-38)16-28(36-40)34-27-17-26(35-37(5)31(27)43)24-9-11-33-29(25(24)19-41)39-12-10-20-15-21(32(2,3)4)7-8-23(20)30(39)42/h7-12,15-17,41H,6,13-14,18-19H2,1-5H3,(H,34,36). The molecule has 5 heterocycles. The van der Waals surface area contributed by atoms with Crippen LogP contribution in [0.4, 0.5) is 11.5 Å². The van der Waals surface area contributed by atoms with Crippen molar-refractivity contribution in [3.63, 3.8) is 0 Å². The zero-order valence-corrected chi connectivity index (χ0v) is 25.1. The monoisotopic (exact) mass is 580 g/mol. The molecule has 222 valence electrons. The van der Waals surface area contributed by atoms with Crippen molar-refractivity contribution in [1.29, 1.82) is 0 Å². The summed E-state index contributed by atoms with van der Waals surface area (Å²) in [4.78, 5) is 33.6. The second-order valence-corrected chi connectivity index (χ2v) is 12.0. The number of fused-ring (bicyclic) bond motifs is 2. The summed E-state index contributed by atoms with van der Waals surface area (Å²) >= 11 is 0. The van der Waals surface area contributed by atoms with Crippen LogP contribution in [0.1, 0.15) is 44.5 Å². The number of aliphatic hydroxyl groups excluding tert-OH is 1. The largest absolute Gasteiger partial charge is 0.392 e. The number of anilines is 2. The van der Waals surface area contributed by atoms with E-state index in [4.69, 9.17) is 0 Å². The van der Waals surface area contributed by atoms with Crippen molar-refractivity contribution in [1.82, 2.24) is 34.0 Å². The van der Waals surface area contributed by atoms with Crippen LogP contribution in [0.5, 0.6) is 0 Å². The molecule has 0 spiro atoms. The number of aromatic nitrogens is 6. The Morgan fingerprint density at radius 2 is 1.81 bits per heavy atom. The molecule has 11 heteroatoms. The lowest BCUT2D eigenvalue weighted by Gasteiger charge is -2.25. The molecule has 0 saturated heterocycles. The highest BCUT2D eigenvalue weighted by atomic mass is 16.3. The van der Waals surface area contributed by atoms with E-state index in [0.29, 0.717) is 39.5 Å². The number of rotatable bonds is 6. The second-order valence-electron chi connectivity index (χ2n) is 12.0. The number of nitrogens with zero attached hydrogens (tertiary/aromatic N) is 7. The highest BCUT2D eigenvalue weighted by Gasteiger charge is 2.21. The smallest absolute Gasteiger partial charge is 0.290 e. The first-order valence-electron chi connectivity index (χ1n) is 14.5. The fraction of sp³-hybridized carbons (Fsp3) is 0.344. The molecule has 0 amide bonds. The van der Waals surface area contributed by atoms with Gasteiger partial charge in [0.05, 0.1) is 24.5 Å². The van der Waals surface area contributed by atoms with Gasteiger partial charge in [0.2, 0.25) is 0 Å². The molecule has 0 saturated carbocycles. The lowest BCUT2D eigenvalue weighted by Crippen LogP contribution is -2.33. The number of likely N-dealkylation sites (N-methyl/N-ethyl adjacent to an activating group) is 1. The minimum Gasteiger partial charge on any atom is -0.392 e. The Morgan fingerprint density at radius 1 is 1.00 bits per heavy atom. The van der Waals surface area contributed by atoms with Crippen molar-refractivity contribution in [3.8, 4) is 17.1 Å². The van der Waals surface area contributed by atoms with Gasteiger partial charge >= 0.3 is 0 Å². The quantitative estimate of drug-likeness (QED) is 0.312. The molecule has 11 nitrogen and oxygen atoms in total. The number of nitrogens with one attached hydrogen (secondary N) is 1. The first kappa shape index (κ1) is 28.5. The first-order valence-corrected chi connectivity index (χ1v) is 14.5. The van der Waals surface area contributed by atoms with Crippen LogP contribution in [0.25, 0.3) is 27.8 Å². The average molecular weight is 581 g/mol. The number of aryl methyl sites for hydroxylation is 1. The Kier molecular flexibility index (Phi) is 7.23. The van der Waals surface area contributed by atoms with E-state index in [1.54, 1.807) is 31.6 Å². The van der Waals surface area contributed by atoms with Crippen LogP contribution in [0.15, 0.2) is 64.4 Å². The van der Waals surface area contributed by atoms with Gasteiger partial charge in [-0.05, 0) is 47.2 Å². The van der Waals surface area contributed by atoms with Gasteiger partial charge in [0, 0.05) is 55.1 Å². The summed E-state index contributed by atoms with van der Waals surface area (Å²) < 4.78 is 4.67. The van der Waals surface area contributed by atoms with Crippen LogP contribution >= 0.6 is 0 Å². The van der Waals surface area contributed by atoms with Crippen LogP contribution in [0.3, 0.4) is 0 Å². The molecule has 43 heavy (non-hydrogen) atoms. The van der Waals surface area contributed by atoms with E-state index in [1.165, 1.54) is 9.25 Å². The maximum Gasteiger partial charge on any atom is 0.290 e. The highest BCUT2D eigenvalue weighted by molar-refractivity contribution is 5.83. The van der Waals surface area contributed by atoms with Crippen LogP contribution < -0.4 is 16.4 Å². The van der Waals surface area contributed by atoms with E-state index in [-0.39, 0.29) is 23.1 Å². The van der Waals surface area contributed by atoms with Crippen LogP contribution in [-0.2, 0) is 32.2 Å².